The van der Waals surface area contributed by atoms with Crippen molar-refractivity contribution >= 4 is 18.4 Å². The van der Waals surface area contributed by atoms with Crippen LogP contribution in [0.2, 0.25) is 0 Å². The van der Waals surface area contributed by atoms with E-state index in [1.54, 1.807) is 6.07 Å². The number of carbonyl (C=O) groups is 1. The van der Waals surface area contributed by atoms with Crippen molar-refractivity contribution in [2.45, 2.75) is 0 Å². The summed E-state index contributed by atoms with van der Waals surface area (Å²) in [5.74, 6) is -0.994. The number of para-hydroxylation sites is 1. The van der Waals surface area contributed by atoms with E-state index in [-0.39, 0.29) is 16.6 Å². The molecule has 5 heteroatoms. The van der Waals surface area contributed by atoms with Crippen LogP contribution < -0.4 is 11.0 Å². The van der Waals surface area contributed by atoms with E-state index in [4.69, 9.17) is 5.73 Å². The van der Waals surface area contributed by atoms with Crippen molar-refractivity contribution in [3.8, 4) is 5.75 Å². The van der Waals surface area contributed by atoms with Gasteiger partial charge in [0.2, 0.25) is 0 Å². The van der Waals surface area contributed by atoms with Gasteiger partial charge in [-0.2, -0.15) is 0 Å². The van der Waals surface area contributed by atoms with Crippen LogP contribution in [0, 0.1) is 0 Å². The molecule has 14 heavy (non-hydrogen) atoms. The Hall–Kier alpha value is -1.28. The molecule has 0 aliphatic heterocycles. The molecule has 0 heterocycles. The number of primary amides is 1. The topological polar surface area (TPSA) is 80.4 Å². The first-order valence-corrected chi connectivity index (χ1v) is 6.61. The first-order chi connectivity index (χ1) is 6.34. The second-order valence-corrected chi connectivity index (χ2v) is 6.57. The monoisotopic (exact) mass is 213 g/mol. The van der Waals surface area contributed by atoms with Crippen LogP contribution in [0.15, 0.2) is 18.2 Å². The third-order valence-electron chi connectivity index (χ3n) is 1.86. The molecule has 4 nitrogen and oxygen atoms in total. The molecular formula is C9H12NO3P. The average Bonchev–Trinajstić information content (AvgIpc) is 2.01. The van der Waals surface area contributed by atoms with Gasteiger partial charge >= 0.3 is 0 Å². The van der Waals surface area contributed by atoms with Crippen molar-refractivity contribution in [3.63, 3.8) is 0 Å². The zero-order chi connectivity index (χ0) is 10.9. The fourth-order valence-electron chi connectivity index (χ4n) is 1.16. The Morgan fingerprint density at radius 1 is 1.43 bits per heavy atom. The number of phenols is 1. The van der Waals surface area contributed by atoms with Gasteiger partial charge in [0.05, 0.1) is 10.9 Å². The molecule has 0 atom stereocenters. The summed E-state index contributed by atoms with van der Waals surface area (Å²) in [5, 5.41) is 9.91. The highest BCUT2D eigenvalue weighted by molar-refractivity contribution is 7.70. The maximum atomic E-state index is 11.7. The molecule has 1 rings (SSSR count). The van der Waals surface area contributed by atoms with Crippen molar-refractivity contribution in [1.29, 1.82) is 0 Å². The third kappa shape index (κ3) is 1.96. The van der Waals surface area contributed by atoms with Gasteiger partial charge in [-0.3, -0.25) is 4.79 Å². The van der Waals surface area contributed by atoms with E-state index in [1.807, 2.05) is 0 Å². The molecule has 76 valence electrons. The van der Waals surface area contributed by atoms with Gasteiger partial charge in [0.15, 0.2) is 0 Å². The average molecular weight is 213 g/mol. The van der Waals surface area contributed by atoms with Gasteiger partial charge in [-0.1, -0.05) is 6.07 Å². The molecule has 0 saturated carbocycles. The van der Waals surface area contributed by atoms with Crippen molar-refractivity contribution in [2.24, 2.45) is 5.73 Å². The standard InChI is InChI=1S/C9H12NO3P/c1-14(2,13)7-5-3-4-6(8(7)11)9(10)12/h3-5,11H,1-2H3,(H2,10,12). The molecule has 1 aromatic carbocycles. The maximum absolute atomic E-state index is 11.7. The second kappa shape index (κ2) is 3.46. The lowest BCUT2D eigenvalue weighted by Crippen LogP contribution is -2.15. The largest absolute Gasteiger partial charge is 0.506 e. The van der Waals surface area contributed by atoms with E-state index in [0.717, 1.165) is 0 Å². The van der Waals surface area contributed by atoms with Crippen molar-refractivity contribution in [3.05, 3.63) is 23.8 Å². The van der Waals surface area contributed by atoms with E-state index >= 15 is 0 Å². The zero-order valence-electron chi connectivity index (χ0n) is 8.02. The Morgan fingerprint density at radius 3 is 2.43 bits per heavy atom. The van der Waals surface area contributed by atoms with Gasteiger partial charge in [0.1, 0.15) is 12.9 Å². The lowest BCUT2D eigenvalue weighted by atomic mass is 10.2. The van der Waals surface area contributed by atoms with Gasteiger partial charge in [-0.15, -0.1) is 0 Å². The van der Waals surface area contributed by atoms with Gasteiger partial charge in [0.25, 0.3) is 5.91 Å². The van der Waals surface area contributed by atoms with Crippen LogP contribution in [0.1, 0.15) is 10.4 Å². The predicted octanol–water partition coefficient (Wildman–Crippen LogP) is 0.739. The quantitative estimate of drug-likeness (QED) is 0.711. The molecule has 0 radical (unpaired) electrons. The van der Waals surface area contributed by atoms with Crippen LogP contribution >= 0.6 is 7.14 Å². The SMILES string of the molecule is CP(C)(=O)c1cccc(C(N)=O)c1O. The summed E-state index contributed by atoms with van der Waals surface area (Å²) < 4.78 is 11.7. The molecule has 1 aromatic rings. The molecule has 1 amide bonds. The fourth-order valence-corrected chi connectivity index (χ4v) is 2.24. The van der Waals surface area contributed by atoms with E-state index in [9.17, 15) is 14.5 Å². The molecule has 0 unspecified atom stereocenters. The molecule has 0 aromatic heterocycles. The fraction of sp³-hybridized carbons (Fsp3) is 0.222. The van der Waals surface area contributed by atoms with Crippen molar-refractivity contribution in [2.75, 3.05) is 13.3 Å². The summed E-state index contributed by atoms with van der Waals surface area (Å²) in [6.07, 6.45) is 0. The summed E-state index contributed by atoms with van der Waals surface area (Å²) >= 11 is 0. The molecule has 3 N–H and O–H groups in total. The molecule has 0 aliphatic carbocycles. The highest BCUT2D eigenvalue weighted by Crippen LogP contribution is 2.38. The summed E-state index contributed by atoms with van der Waals surface area (Å²) in [4.78, 5) is 10.9. The Kier molecular flexibility index (Phi) is 2.67. The number of aromatic hydroxyl groups is 1. The number of amides is 1. The molecule has 0 bridgehead atoms. The summed E-state index contributed by atoms with van der Waals surface area (Å²) in [6, 6.07) is 4.48. The lowest BCUT2D eigenvalue weighted by Gasteiger charge is -2.10. The summed E-state index contributed by atoms with van der Waals surface area (Å²) in [7, 11) is -2.58. The minimum absolute atomic E-state index is 0.00595. The van der Waals surface area contributed by atoms with Gasteiger partial charge < -0.3 is 15.4 Å². The van der Waals surface area contributed by atoms with Crippen LogP contribution in [0.5, 0.6) is 5.75 Å². The van der Waals surface area contributed by atoms with Crippen molar-refractivity contribution in [1.82, 2.24) is 0 Å². The van der Waals surface area contributed by atoms with Crippen LogP contribution in [0.25, 0.3) is 0 Å². The normalized spacial score (nSPS) is 11.3. The number of rotatable bonds is 2. The van der Waals surface area contributed by atoms with Crippen LogP contribution in [-0.4, -0.2) is 24.3 Å². The van der Waals surface area contributed by atoms with Crippen LogP contribution in [0.3, 0.4) is 0 Å². The van der Waals surface area contributed by atoms with E-state index in [1.165, 1.54) is 25.5 Å². The predicted molar refractivity (Wildman–Crippen MR) is 55.7 cm³/mol. The second-order valence-electron chi connectivity index (χ2n) is 3.39. The number of carbonyl (C=O) groups excluding carboxylic acids is 1. The summed E-state index contributed by atoms with van der Waals surface area (Å²) in [5.41, 5.74) is 5.04. The van der Waals surface area contributed by atoms with E-state index in [0.29, 0.717) is 0 Å². The third-order valence-corrected chi connectivity index (χ3v) is 3.38. The molecule has 0 spiro atoms. The Bertz CT molecular complexity index is 422. The highest BCUT2D eigenvalue weighted by atomic mass is 31.2. The Balaban J connectivity index is 3.43. The van der Waals surface area contributed by atoms with E-state index < -0.39 is 13.0 Å². The number of hydrogen-bond acceptors (Lipinski definition) is 3. The summed E-state index contributed by atoms with van der Waals surface area (Å²) in [6.45, 7) is 3.04. The first-order valence-electron chi connectivity index (χ1n) is 4.01. The van der Waals surface area contributed by atoms with Crippen molar-refractivity contribution < 1.29 is 14.5 Å². The minimum Gasteiger partial charge on any atom is -0.506 e. The highest BCUT2D eigenvalue weighted by Gasteiger charge is 2.19. The van der Waals surface area contributed by atoms with Crippen LogP contribution in [0.4, 0.5) is 0 Å². The molecule has 0 aliphatic rings. The van der Waals surface area contributed by atoms with Gasteiger partial charge in [-0.05, 0) is 25.5 Å². The number of nitrogens with two attached hydrogens (primary N) is 1. The lowest BCUT2D eigenvalue weighted by molar-refractivity contribution is 0.0998. The Labute approximate surface area is 82.1 Å². The molecule has 0 fully saturated rings. The van der Waals surface area contributed by atoms with Gasteiger partial charge in [-0.25, -0.2) is 0 Å². The maximum Gasteiger partial charge on any atom is 0.252 e. The smallest absolute Gasteiger partial charge is 0.252 e. The minimum atomic E-state index is -2.58. The van der Waals surface area contributed by atoms with Crippen LogP contribution in [-0.2, 0) is 4.57 Å². The first kappa shape index (κ1) is 10.8. The number of benzene rings is 1. The van der Waals surface area contributed by atoms with Gasteiger partial charge in [0, 0.05) is 0 Å². The number of hydrogen-bond donors (Lipinski definition) is 2. The Morgan fingerprint density at radius 2 is 2.00 bits per heavy atom. The molecule has 0 saturated heterocycles. The van der Waals surface area contributed by atoms with E-state index in [2.05, 4.69) is 0 Å². The molecular weight excluding hydrogens is 201 g/mol. The zero-order valence-corrected chi connectivity index (χ0v) is 8.91.